The third-order valence-corrected chi connectivity index (χ3v) is 13.1. The first-order valence-electron chi connectivity index (χ1n) is 23.2. The molecule has 0 bridgehead atoms. The second-order valence-corrected chi connectivity index (χ2v) is 17.2. The molecule has 0 N–H and O–H groups in total. The van der Waals surface area contributed by atoms with Crippen molar-refractivity contribution in [2.75, 3.05) is 4.90 Å². The van der Waals surface area contributed by atoms with E-state index in [4.69, 9.17) is 4.42 Å². The quantitative estimate of drug-likeness (QED) is 0.136. The summed E-state index contributed by atoms with van der Waals surface area (Å²) in [6.45, 7) is 0. The van der Waals surface area contributed by atoms with Gasteiger partial charge < -0.3 is 9.32 Å². The fraction of sp³-hybridized carbons (Fsp3) is 0. The molecular formula is C66H45NO. The molecule has 0 amide bonds. The highest BCUT2D eigenvalue weighted by atomic mass is 16.3. The monoisotopic (exact) mass is 867 g/mol. The third-order valence-electron chi connectivity index (χ3n) is 13.1. The molecule has 0 aliphatic rings. The minimum atomic E-state index is 0.896. The summed E-state index contributed by atoms with van der Waals surface area (Å²) in [4.78, 5) is 2.41. The van der Waals surface area contributed by atoms with Crippen LogP contribution in [0.4, 0.5) is 17.1 Å². The molecule has 11 aromatic carbocycles. The molecule has 2 heteroatoms. The predicted octanol–water partition coefficient (Wildman–Crippen LogP) is 18.7. The van der Waals surface area contributed by atoms with E-state index < -0.39 is 0 Å². The van der Waals surface area contributed by atoms with Crippen LogP contribution >= 0.6 is 0 Å². The molecule has 68 heavy (non-hydrogen) atoms. The van der Waals surface area contributed by atoms with E-state index >= 15 is 0 Å². The first-order valence-corrected chi connectivity index (χ1v) is 23.2. The lowest BCUT2D eigenvalue weighted by Gasteiger charge is -2.29. The van der Waals surface area contributed by atoms with Crippen LogP contribution in [0.5, 0.6) is 0 Å². The van der Waals surface area contributed by atoms with Crippen molar-refractivity contribution in [3.8, 4) is 77.9 Å². The van der Waals surface area contributed by atoms with E-state index in [0.29, 0.717) is 0 Å². The smallest absolute Gasteiger partial charge is 0.135 e. The summed E-state index contributed by atoms with van der Waals surface area (Å²) >= 11 is 0. The number of hydrogen-bond acceptors (Lipinski definition) is 2. The minimum Gasteiger partial charge on any atom is -0.456 e. The minimum absolute atomic E-state index is 0.896. The number of anilines is 3. The summed E-state index contributed by atoms with van der Waals surface area (Å²) in [7, 11) is 0. The lowest BCUT2D eigenvalue weighted by Crippen LogP contribution is -2.11. The average Bonchev–Trinajstić information content (AvgIpc) is 3.80. The van der Waals surface area contributed by atoms with E-state index in [9.17, 15) is 0 Å². The van der Waals surface area contributed by atoms with Gasteiger partial charge in [-0.1, -0.05) is 206 Å². The van der Waals surface area contributed by atoms with E-state index in [1.165, 1.54) is 50.1 Å². The SMILES string of the molecule is c1ccc(-c2cc(-c3ccccc3)cc(-c3ccc(N(c4ccc(-c5ccc6oc7ccccc7c6c5)cc4)c4ccccc4-c4ccccc4-c4ccccc4-c4ccccc4)cc3)c2)cc1. The summed E-state index contributed by atoms with van der Waals surface area (Å²) in [5.41, 5.74) is 21.4. The lowest BCUT2D eigenvalue weighted by molar-refractivity contribution is 0.669. The first kappa shape index (κ1) is 40.5. The van der Waals surface area contributed by atoms with E-state index in [0.717, 1.165) is 66.8 Å². The van der Waals surface area contributed by atoms with Crippen molar-refractivity contribution in [2.45, 2.75) is 0 Å². The lowest BCUT2D eigenvalue weighted by atomic mass is 9.88. The molecule has 0 saturated carbocycles. The Morgan fingerprint density at radius 2 is 0.603 bits per heavy atom. The van der Waals surface area contributed by atoms with Crippen LogP contribution < -0.4 is 4.90 Å². The summed E-state index contributed by atoms with van der Waals surface area (Å²) in [6.07, 6.45) is 0. The number of nitrogens with zero attached hydrogens (tertiary/aromatic N) is 1. The molecular weight excluding hydrogens is 823 g/mol. The molecule has 0 radical (unpaired) electrons. The fourth-order valence-corrected chi connectivity index (χ4v) is 9.76. The second-order valence-electron chi connectivity index (χ2n) is 17.2. The van der Waals surface area contributed by atoms with Crippen molar-refractivity contribution >= 4 is 39.0 Å². The van der Waals surface area contributed by atoms with Gasteiger partial charge in [0.05, 0.1) is 5.69 Å². The molecule has 0 aliphatic carbocycles. The Kier molecular flexibility index (Phi) is 10.6. The van der Waals surface area contributed by atoms with Crippen molar-refractivity contribution in [3.63, 3.8) is 0 Å². The van der Waals surface area contributed by atoms with Crippen molar-refractivity contribution < 1.29 is 4.42 Å². The van der Waals surface area contributed by atoms with Crippen LogP contribution in [0.15, 0.2) is 277 Å². The molecule has 0 spiro atoms. The molecule has 0 saturated heterocycles. The van der Waals surface area contributed by atoms with Gasteiger partial charge in [0.2, 0.25) is 0 Å². The zero-order valence-corrected chi connectivity index (χ0v) is 37.3. The highest BCUT2D eigenvalue weighted by Crippen LogP contribution is 2.46. The van der Waals surface area contributed by atoms with Crippen LogP contribution in [0.25, 0.3) is 99.8 Å². The Hall–Kier alpha value is -8.98. The molecule has 0 unspecified atom stereocenters. The Morgan fingerprint density at radius 1 is 0.221 bits per heavy atom. The molecule has 12 aromatic rings. The number of fused-ring (bicyclic) bond motifs is 3. The van der Waals surface area contributed by atoms with Gasteiger partial charge in [-0.05, 0) is 139 Å². The van der Waals surface area contributed by atoms with Gasteiger partial charge in [0.15, 0.2) is 0 Å². The first-order chi connectivity index (χ1) is 33.7. The second kappa shape index (κ2) is 17.8. The van der Waals surface area contributed by atoms with Crippen molar-refractivity contribution in [2.24, 2.45) is 0 Å². The standard InChI is InChI=1S/C66H45NO/c1-4-18-46(19-5-1)52-42-53(47-20-6-2-7-21-47)44-54(43-52)49-34-39-56(40-35-49)67(55-37-32-48(33-38-55)51-36-41-66-63(45-51)62-29-15-17-31-65(62)68-66)64-30-16-14-28-61(64)60-27-13-12-26-59(60)58-25-11-10-24-57(58)50-22-8-3-9-23-50/h1-45H. The molecule has 1 heterocycles. The zero-order valence-electron chi connectivity index (χ0n) is 37.3. The maximum absolute atomic E-state index is 6.19. The molecule has 0 atom stereocenters. The van der Waals surface area contributed by atoms with Gasteiger partial charge in [-0.15, -0.1) is 0 Å². The van der Waals surface area contributed by atoms with Crippen LogP contribution in [0.3, 0.4) is 0 Å². The van der Waals surface area contributed by atoms with Crippen LogP contribution in [-0.2, 0) is 0 Å². The van der Waals surface area contributed by atoms with Crippen LogP contribution in [0, 0.1) is 0 Å². The van der Waals surface area contributed by atoms with Gasteiger partial charge >= 0.3 is 0 Å². The van der Waals surface area contributed by atoms with E-state index in [-0.39, 0.29) is 0 Å². The number of benzene rings is 11. The van der Waals surface area contributed by atoms with Crippen LogP contribution in [0.2, 0.25) is 0 Å². The highest BCUT2D eigenvalue weighted by Gasteiger charge is 2.21. The van der Waals surface area contributed by atoms with E-state index in [1.54, 1.807) is 0 Å². The third kappa shape index (κ3) is 7.74. The Bertz CT molecular complexity index is 3650. The highest BCUT2D eigenvalue weighted by molar-refractivity contribution is 6.06. The summed E-state index contributed by atoms with van der Waals surface area (Å²) in [5, 5.41) is 2.25. The van der Waals surface area contributed by atoms with Crippen molar-refractivity contribution in [1.29, 1.82) is 0 Å². The molecule has 12 rings (SSSR count). The summed E-state index contributed by atoms with van der Waals surface area (Å²) in [6, 6.07) is 98.2. The van der Waals surface area contributed by atoms with E-state index in [1.807, 2.05) is 12.1 Å². The Balaban J connectivity index is 0.994. The number of rotatable bonds is 10. The Labute approximate surface area is 397 Å². The van der Waals surface area contributed by atoms with Gasteiger partial charge in [0.25, 0.3) is 0 Å². The van der Waals surface area contributed by atoms with Gasteiger partial charge in [-0.3, -0.25) is 0 Å². The van der Waals surface area contributed by atoms with Gasteiger partial charge in [-0.25, -0.2) is 0 Å². The predicted molar refractivity (Wildman–Crippen MR) is 286 cm³/mol. The normalized spacial score (nSPS) is 11.2. The molecule has 320 valence electrons. The molecule has 2 nitrogen and oxygen atoms in total. The topological polar surface area (TPSA) is 16.4 Å². The summed E-state index contributed by atoms with van der Waals surface area (Å²) < 4.78 is 6.19. The maximum Gasteiger partial charge on any atom is 0.135 e. The Morgan fingerprint density at radius 3 is 1.18 bits per heavy atom. The largest absolute Gasteiger partial charge is 0.456 e. The molecule has 0 aliphatic heterocycles. The van der Waals surface area contributed by atoms with Crippen molar-refractivity contribution in [1.82, 2.24) is 0 Å². The zero-order chi connectivity index (χ0) is 45.2. The van der Waals surface area contributed by atoms with Gasteiger partial charge in [0.1, 0.15) is 11.2 Å². The van der Waals surface area contributed by atoms with E-state index in [2.05, 4.69) is 266 Å². The number of furan rings is 1. The summed E-state index contributed by atoms with van der Waals surface area (Å²) in [5.74, 6) is 0. The molecule has 0 fully saturated rings. The average molecular weight is 868 g/mol. The fourth-order valence-electron chi connectivity index (χ4n) is 9.76. The van der Waals surface area contributed by atoms with Crippen LogP contribution in [-0.4, -0.2) is 0 Å². The van der Waals surface area contributed by atoms with Gasteiger partial charge in [0, 0.05) is 27.7 Å². The van der Waals surface area contributed by atoms with Crippen molar-refractivity contribution in [3.05, 3.63) is 273 Å². The molecule has 1 aromatic heterocycles. The number of hydrogen-bond donors (Lipinski definition) is 0. The maximum atomic E-state index is 6.19. The number of para-hydroxylation sites is 2. The van der Waals surface area contributed by atoms with Crippen LogP contribution in [0.1, 0.15) is 0 Å². The van der Waals surface area contributed by atoms with Gasteiger partial charge in [-0.2, -0.15) is 0 Å².